The van der Waals surface area contributed by atoms with Gasteiger partial charge in [-0.1, -0.05) is 23.7 Å². The number of para-hydroxylation sites is 1. The normalized spacial score (nSPS) is 11.8. The molecule has 0 aliphatic carbocycles. The fraction of sp³-hybridized carbons (Fsp3) is 0.312. The first-order chi connectivity index (χ1) is 10.9. The number of hydrogen-bond donors (Lipinski definition) is 2. The first-order valence-electron chi connectivity index (χ1n) is 7.27. The van der Waals surface area contributed by atoms with Gasteiger partial charge in [0.05, 0.1) is 22.0 Å². The SMILES string of the molecule is CCNC(=O)c1c(C)nc(N)nc1C(C)Oc1ccccc1Cl. The highest BCUT2D eigenvalue weighted by molar-refractivity contribution is 6.32. The average Bonchev–Trinajstić information content (AvgIpc) is 2.48. The van der Waals surface area contributed by atoms with Gasteiger partial charge in [-0.3, -0.25) is 4.79 Å². The highest BCUT2D eigenvalue weighted by Gasteiger charge is 2.23. The van der Waals surface area contributed by atoms with Crippen LogP contribution in [-0.4, -0.2) is 22.4 Å². The van der Waals surface area contributed by atoms with Crippen molar-refractivity contribution in [3.8, 4) is 5.75 Å². The molecule has 122 valence electrons. The molecule has 1 amide bonds. The topological polar surface area (TPSA) is 90.1 Å². The maximum Gasteiger partial charge on any atom is 0.255 e. The van der Waals surface area contributed by atoms with Crippen molar-refractivity contribution in [1.29, 1.82) is 0 Å². The summed E-state index contributed by atoms with van der Waals surface area (Å²) < 4.78 is 5.85. The van der Waals surface area contributed by atoms with Gasteiger partial charge in [0.15, 0.2) is 0 Å². The van der Waals surface area contributed by atoms with Crippen LogP contribution in [0.5, 0.6) is 5.75 Å². The molecule has 0 fully saturated rings. The van der Waals surface area contributed by atoms with Crippen molar-refractivity contribution in [3.63, 3.8) is 0 Å². The van der Waals surface area contributed by atoms with Gasteiger partial charge in [0.25, 0.3) is 5.91 Å². The number of nitrogens with two attached hydrogens (primary N) is 1. The lowest BCUT2D eigenvalue weighted by atomic mass is 10.1. The summed E-state index contributed by atoms with van der Waals surface area (Å²) in [6.45, 7) is 5.85. The summed E-state index contributed by atoms with van der Waals surface area (Å²) in [6.07, 6.45) is -0.517. The van der Waals surface area contributed by atoms with Crippen LogP contribution >= 0.6 is 11.6 Å². The van der Waals surface area contributed by atoms with Crippen molar-refractivity contribution in [2.24, 2.45) is 0 Å². The molecular formula is C16H19ClN4O2. The number of rotatable bonds is 5. The molecule has 1 unspecified atom stereocenters. The van der Waals surface area contributed by atoms with E-state index in [1.165, 1.54) is 0 Å². The van der Waals surface area contributed by atoms with Gasteiger partial charge >= 0.3 is 0 Å². The second kappa shape index (κ2) is 7.28. The molecule has 0 bridgehead atoms. The van der Waals surface area contributed by atoms with E-state index in [2.05, 4.69) is 15.3 Å². The summed E-state index contributed by atoms with van der Waals surface area (Å²) >= 11 is 6.11. The Morgan fingerprint density at radius 2 is 2.09 bits per heavy atom. The smallest absolute Gasteiger partial charge is 0.255 e. The molecule has 3 N–H and O–H groups in total. The standard InChI is InChI=1S/C16H19ClN4O2/c1-4-19-15(22)13-9(2)20-16(18)21-14(13)10(3)23-12-8-6-5-7-11(12)17/h5-8,10H,4H2,1-3H3,(H,19,22)(H2,18,20,21). The fourth-order valence-corrected chi connectivity index (χ4v) is 2.41. The van der Waals surface area contributed by atoms with Crippen LogP contribution in [0.25, 0.3) is 0 Å². The van der Waals surface area contributed by atoms with Crippen molar-refractivity contribution < 1.29 is 9.53 Å². The third-order valence-corrected chi connectivity index (χ3v) is 3.54. The van der Waals surface area contributed by atoms with Crippen LogP contribution in [0, 0.1) is 6.92 Å². The van der Waals surface area contributed by atoms with E-state index in [-0.39, 0.29) is 11.9 Å². The second-order valence-corrected chi connectivity index (χ2v) is 5.38. The number of amides is 1. The van der Waals surface area contributed by atoms with E-state index < -0.39 is 6.10 Å². The number of carbonyl (C=O) groups excluding carboxylic acids is 1. The van der Waals surface area contributed by atoms with E-state index >= 15 is 0 Å². The van der Waals surface area contributed by atoms with E-state index in [4.69, 9.17) is 22.1 Å². The largest absolute Gasteiger partial charge is 0.483 e. The molecule has 2 aromatic rings. The maximum absolute atomic E-state index is 12.3. The van der Waals surface area contributed by atoms with Gasteiger partial charge in [-0.05, 0) is 32.9 Å². The molecule has 2 rings (SSSR count). The molecule has 1 atom stereocenters. The van der Waals surface area contributed by atoms with Gasteiger partial charge in [-0.2, -0.15) is 0 Å². The predicted octanol–water partition coefficient (Wildman–Crippen LogP) is 2.91. The number of hydrogen-bond acceptors (Lipinski definition) is 5. The summed E-state index contributed by atoms with van der Waals surface area (Å²) in [5.41, 5.74) is 7.04. The Balaban J connectivity index is 2.41. The van der Waals surface area contributed by atoms with Gasteiger partial charge in [0.1, 0.15) is 11.9 Å². The van der Waals surface area contributed by atoms with Crippen molar-refractivity contribution in [1.82, 2.24) is 15.3 Å². The van der Waals surface area contributed by atoms with Crippen molar-refractivity contribution >= 4 is 23.5 Å². The first kappa shape index (κ1) is 17.0. The van der Waals surface area contributed by atoms with Crippen LogP contribution in [0.15, 0.2) is 24.3 Å². The molecule has 0 aliphatic heterocycles. The lowest BCUT2D eigenvalue weighted by Crippen LogP contribution is -2.27. The monoisotopic (exact) mass is 334 g/mol. The zero-order chi connectivity index (χ0) is 17.0. The minimum absolute atomic E-state index is 0.0974. The van der Waals surface area contributed by atoms with Crippen LogP contribution in [0.1, 0.15) is 41.7 Å². The number of nitrogens with one attached hydrogen (secondary N) is 1. The lowest BCUT2D eigenvalue weighted by molar-refractivity contribution is 0.0949. The van der Waals surface area contributed by atoms with E-state index in [9.17, 15) is 4.79 Å². The average molecular weight is 335 g/mol. The highest BCUT2D eigenvalue weighted by Crippen LogP contribution is 2.29. The molecule has 0 saturated carbocycles. The number of ether oxygens (including phenoxy) is 1. The van der Waals surface area contributed by atoms with E-state index in [1.807, 2.05) is 19.1 Å². The van der Waals surface area contributed by atoms with Crippen molar-refractivity contribution in [3.05, 3.63) is 46.2 Å². The minimum atomic E-state index is -0.517. The number of nitrogen functional groups attached to an aromatic ring is 1. The molecule has 1 aromatic carbocycles. The van der Waals surface area contributed by atoms with Gasteiger partial charge < -0.3 is 15.8 Å². The molecule has 1 heterocycles. The zero-order valence-corrected chi connectivity index (χ0v) is 14.0. The summed E-state index contributed by atoms with van der Waals surface area (Å²) in [5.74, 6) is 0.355. The number of aromatic nitrogens is 2. The number of nitrogens with zero attached hydrogens (tertiary/aromatic N) is 2. The Hall–Kier alpha value is -2.34. The maximum atomic E-state index is 12.3. The first-order valence-corrected chi connectivity index (χ1v) is 7.65. The molecule has 1 aromatic heterocycles. The Labute approximate surface area is 140 Å². The molecule has 7 heteroatoms. The van der Waals surface area contributed by atoms with Crippen LogP contribution in [0.2, 0.25) is 5.02 Å². The van der Waals surface area contributed by atoms with E-state index in [1.54, 1.807) is 26.0 Å². The number of halogens is 1. The zero-order valence-electron chi connectivity index (χ0n) is 13.3. The number of aryl methyl sites for hydroxylation is 1. The fourth-order valence-electron chi connectivity index (χ4n) is 2.23. The van der Waals surface area contributed by atoms with Crippen molar-refractivity contribution in [2.75, 3.05) is 12.3 Å². The molecule has 0 saturated heterocycles. The predicted molar refractivity (Wildman–Crippen MR) is 89.7 cm³/mol. The van der Waals surface area contributed by atoms with Crippen LogP contribution in [0.4, 0.5) is 5.95 Å². The quantitative estimate of drug-likeness (QED) is 0.877. The molecule has 0 aliphatic rings. The summed E-state index contributed by atoms with van der Waals surface area (Å²) in [5, 5.41) is 3.24. The van der Waals surface area contributed by atoms with Crippen molar-refractivity contribution in [2.45, 2.75) is 26.9 Å². The van der Waals surface area contributed by atoms with Gasteiger partial charge in [-0.15, -0.1) is 0 Å². The molecule has 6 nitrogen and oxygen atoms in total. The van der Waals surface area contributed by atoms with E-state index in [0.717, 1.165) is 0 Å². The third-order valence-electron chi connectivity index (χ3n) is 3.23. The Kier molecular flexibility index (Phi) is 5.39. The third kappa shape index (κ3) is 3.90. The number of anilines is 1. The molecule has 23 heavy (non-hydrogen) atoms. The summed E-state index contributed by atoms with van der Waals surface area (Å²) in [7, 11) is 0. The number of carbonyl (C=O) groups is 1. The Bertz CT molecular complexity index is 721. The summed E-state index contributed by atoms with van der Waals surface area (Å²) in [6, 6.07) is 7.11. The molecular weight excluding hydrogens is 316 g/mol. The van der Waals surface area contributed by atoms with E-state index in [0.29, 0.717) is 34.3 Å². The summed E-state index contributed by atoms with van der Waals surface area (Å²) in [4.78, 5) is 20.6. The Morgan fingerprint density at radius 1 is 1.39 bits per heavy atom. The Morgan fingerprint density at radius 3 is 2.74 bits per heavy atom. The van der Waals surface area contributed by atoms with Crippen LogP contribution in [0.3, 0.4) is 0 Å². The van der Waals surface area contributed by atoms with Crippen LogP contribution in [-0.2, 0) is 0 Å². The molecule has 0 spiro atoms. The number of benzene rings is 1. The van der Waals surface area contributed by atoms with Gasteiger partial charge in [-0.25, -0.2) is 9.97 Å². The van der Waals surface area contributed by atoms with Crippen LogP contribution < -0.4 is 15.8 Å². The molecule has 0 radical (unpaired) electrons. The second-order valence-electron chi connectivity index (χ2n) is 4.98. The highest BCUT2D eigenvalue weighted by atomic mass is 35.5. The van der Waals surface area contributed by atoms with Gasteiger partial charge in [0, 0.05) is 6.54 Å². The minimum Gasteiger partial charge on any atom is -0.483 e. The lowest BCUT2D eigenvalue weighted by Gasteiger charge is -2.19. The van der Waals surface area contributed by atoms with Gasteiger partial charge in [0.2, 0.25) is 5.95 Å².